The summed E-state index contributed by atoms with van der Waals surface area (Å²) in [6.07, 6.45) is 9.80. The van der Waals surface area contributed by atoms with Crippen molar-refractivity contribution in [2.45, 2.75) is 77.4 Å². The molecule has 1 unspecified atom stereocenters. The molecule has 2 fully saturated rings. The van der Waals surface area contributed by atoms with Crippen LogP contribution in [-0.4, -0.2) is 30.1 Å². The minimum absolute atomic E-state index is 0.710. The average Bonchev–Trinajstić information content (AvgIpc) is 2.52. The lowest BCUT2D eigenvalue weighted by molar-refractivity contribution is 0.169. The third-order valence-electron chi connectivity index (χ3n) is 5.48. The Kier molecular flexibility index (Phi) is 5.54. The maximum atomic E-state index is 3.96. The maximum absolute atomic E-state index is 3.96. The molecule has 0 bridgehead atoms. The van der Waals surface area contributed by atoms with Gasteiger partial charge in [-0.05, 0) is 57.2 Å². The molecule has 1 aliphatic heterocycles. The molecule has 2 nitrogen and oxygen atoms in total. The maximum Gasteiger partial charge on any atom is 0.0237 e. The highest BCUT2D eigenvalue weighted by molar-refractivity contribution is 5.30. The molecule has 2 heteroatoms. The van der Waals surface area contributed by atoms with Crippen molar-refractivity contribution in [2.24, 2.45) is 0 Å². The van der Waals surface area contributed by atoms with E-state index in [9.17, 15) is 0 Å². The normalized spacial score (nSPS) is 24.5. The van der Waals surface area contributed by atoms with Gasteiger partial charge in [0, 0.05) is 25.2 Å². The summed E-state index contributed by atoms with van der Waals surface area (Å²) in [6, 6.07) is 8.36. The van der Waals surface area contributed by atoms with E-state index in [1.807, 2.05) is 0 Å². The van der Waals surface area contributed by atoms with Gasteiger partial charge >= 0.3 is 0 Å². The quantitative estimate of drug-likeness (QED) is 0.897. The highest BCUT2D eigenvalue weighted by Crippen LogP contribution is 2.21. The van der Waals surface area contributed by atoms with Gasteiger partial charge in [0.2, 0.25) is 0 Å². The van der Waals surface area contributed by atoms with Crippen molar-refractivity contribution in [1.82, 2.24) is 10.2 Å². The molecule has 0 radical (unpaired) electrons. The van der Waals surface area contributed by atoms with E-state index in [-0.39, 0.29) is 0 Å². The zero-order valence-electron chi connectivity index (χ0n) is 14.4. The molecule has 3 rings (SSSR count). The third kappa shape index (κ3) is 4.33. The predicted molar refractivity (Wildman–Crippen MR) is 94.2 cm³/mol. The molecule has 1 saturated carbocycles. The molecule has 0 spiro atoms. The van der Waals surface area contributed by atoms with Crippen molar-refractivity contribution in [3.8, 4) is 0 Å². The lowest BCUT2D eigenvalue weighted by Gasteiger charge is -2.36. The van der Waals surface area contributed by atoms with Crippen LogP contribution >= 0.6 is 0 Å². The van der Waals surface area contributed by atoms with Gasteiger partial charge in [-0.1, -0.05) is 43.0 Å². The molecule has 1 N–H and O–H groups in total. The van der Waals surface area contributed by atoms with Gasteiger partial charge in [0.15, 0.2) is 0 Å². The van der Waals surface area contributed by atoms with E-state index in [1.165, 1.54) is 74.7 Å². The molecular weight excluding hydrogens is 268 g/mol. The summed E-state index contributed by atoms with van der Waals surface area (Å²) in [5.41, 5.74) is 4.33. The van der Waals surface area contributed by atoms with Crippen molar-refractivity contribution < 1.29 is 0 Å². The van der Waals surface area contributed by atoms with Crippen LogP contribution in [0.2, 0.25) is 0 Å². The van der Waals surface area contributed by atoms with Crippen molar-refractivity contribution in [3.05, 3.63) is 34.9 Å². The zero-order valence-corrected chi connectivity index (χ0v) is 14.4. The first kappa shape index (κ1) is 16.0. The van der Waals surface area contributed by atoms with E-state index in [4.69, 9.17) is 0 Å². The standard InChI is InChI=1S/C20H32N2/c1-16-10-11-17(2)18(13-16)14-22-12-6-9-20(15-22)21-19-7-4-3-5-8-19/h10-11,13,19-21H,3-9,12,14-15H2,1-2H3. The minimum atomic E-state index is 0.710. The fourth-order valence-electron chi connectivity index (χ4n) is 4.15. The minimum Gasteiger partial charge on any atom is -0.310 e. The van der Waals surface area contributed by atoms with Crippen LogP contribution < -0.4 is 5.32 Å². The summed E-state index contributed by atoms with van der Waals surface area (Å²) in [5, 5.41) is 3.96. The van der Waals surface area contributed by atoms with Crippen molar-refractivity contribution in [2.75, 3.05) is 13.1 Å². The molecule has 122 valence electrons. The molecule has 2 aliphatic rings. The monoisotopic (exact) mass is 300 g/mol. The molecule has 1 aromatic carbocycles. The van der Waals surface area contributed by atoms with E-state index >= 15 is 0 Å². The number of aryl methyl sites for hydroxylation is 2. The van der Waals surface area contributed by atoms with E-state index in [0.29, 0.717) is 6.04 Å². The smallest absolute Gasteiger partial charge is 0.0237 e. The first-order chi connectivity index (χ1) is 10.7. The summed E-state index contributed by atoms with van der Waals surface area (Å²) in [6.45, 7) is 8.06. The molecular formula is C20H32N2. The number of nitrogens with zero attached hydrogens (tertiary/aromatic N) is 1. The number of benzene rings is 1. The van der Waals surface area contributed by atoms with Gasteiger partial charge in [-0.3, -0.25) is 4.90 Å². The number of likely N-dealkylation sites (tertiary alicyclic amines) is 1. The topological polar surface area (TPSA) is 15.3 Å². The number of hydrogen-bond donors (Lipinski definition) is 1. The number of piperidine rings is 1. The molecule has 0 amide bonds. The van der Waals surface area contributed by atoms with Crippen LogP contribution in [0.3, 0.4) is 0 Å². The number of hydrogen-bond acceptors (Lipinski definition) is 2. The highest BCUT2D eigenvalue weighted by Gasteiger charge is 2.23. The average molecular weight is 300 g/mol. The van der Waals surface area contributed by atoms with Gasteiger partial charge in [0.1, 0.15) is 0 Å². The van der Waals surface area contributed by atoms with Crippen LogP contribution in [0.5, 0.6) is 0 Å². The first-order valence-electron chi connectivity index (χ1n) is 9.25. The fraction of sp³-hybridized carbons (Fsp3) is 0.700. The van der Waals surface area contributed by atoms with Crippen molar-refractivity contribution >= 4 is 0 Å². The molecule has 1 heterocycles. The van der Waals surface area contributed by atoms with E-state index < -0.39 is 0 Å². The molecule has 1 saturated heterocycles. The molecule has 1 atom stereocenters. The van der Waals surface area contributed by atoms with Gasteiger partial charge in [-0.25, -0.2) is 0 Å². The second-order valence-corrected chi connectivity index (χ2v) is 7.51. The molecule has 0 aromatic heterocycles. The van der Waals surface area contributed by atoms with E-state index in [2.05, 4.69) is 42.3 Å². The summed E-state index contributed by atoms with van der Waals surface area (Å²) in [4.78, 5) is 2.66. The van der Waals surface area contributed by atoms with Crippen LogP contribution in [0.25, 0.3) is 0 Å². The lowest BCUT2D eigenvalue weighted by atomic mass is 9.93. The zero-order chi connectivity index (χ0) is 15.4. The van der Waals surface area contributed by atoms with Crippen LogP contribution in [0, 0.1) is 13.8 Å². The summed E-state index contributed by atoms with van der Waals surface area (Å²) in [5.74, 6) is 0. The van der Waals surface area contributed by atoms with Crippen LogP contribution in [0.1, 0.15) is 61.6 Å². The van der Waals surface area contributed by atoms with E-state index in [1.54, 1.807) is 0 Å². The van der Waals surface area contributed by atoms with Gasteiger partial charge < -0.3 is 5.32 Å². The second-order valence-electron chi connectivity index (χ2n) is 7.51. The van der Waals surface area contributed by atoms with Crippen molar-refractivity contribution in [3.63, 3.8) is 0 Å². The van der Waals surface area contributed by atoms with Crippen LogP contribution in [0.15, 0.2) is 18.2 Å². The van der Waals surface area contributed by atoms with Gasteiger partial charge in [-0.15, -0.1) is 0 Å². The molecule has 22 heavy (non-hydrogen) atoms. The van der Waals surface area contributed by atoms with Crippen LogP contribution in [-0.2, 0) is 6.54 Å². The highest BCUT2D eigenvalue weighted by atomic mass is 15.2. The largest absolute Gasteiger partial charge is 0.310 e. The Morgan fingerprint density at radius 3 is 2.59 bits per heavy atom. The predicted octanol–water partition coefficient (Wildman–Crippen LogP) is 4.19. The number of nitrogens with one attached hydrogen (secondary N) is 1. The van der Waals surface area contributed by atoms with Gasteiger partial charge in [0.25, 0.3) is 0 Å². The van der Waals surface area contributed by atoms with Gasteiger partial charge in [-0.2, -0.15) is 0 Å². The second kappa shape index (κ2) is 7.61. The number of rotatable bonds is 4. The Balaban J connectivity index is 1.54. The van der Waals surface area contributed by atoms with E-state index in [0.717, 1.165) is 12.6 Å². The summed E-state index contributed by atoms with van der Waals surface area (Å²) in [7, 11) is 0. The Morgan fingerprint density at radius 2 is 1.77 bits per heavy atom. The first-order valence-corrected chi connectivity index (χ1v) is 9.25. The molecule has 1 aromatic rings. The fourth-order valence-corrected chi connectivity index (χ4v) is 4.15. The lowest BCUT2D eigenvalue weighted by Crippen LogP contribution is -2.49. The summed E-state index contributed by atoms with van der Waals surface area (Å²) < 4.78 is 0. The Morgan fingerprint density at radius 1 is 1.00 bits per heavy atom. The molecule has 1 aliphatic carbocycles. The van der Waals surface area contributed by atoms with Crippen LogP contribution in [0.4, 0.5) is 0 Å². The third-order valence-corrected chi connectivity index (χ3v) is 5.48. The Bertz CT molecular complexity index is 477. The Hall–Kier alpha value is -0.860. The van der Waals surface area contributed by atoms with Crippen molar-refractivity contribution in [1.29, 1.82) is 0 Å². The summed E-state index contributed by atoms with van der Waals surface area (Å²) >= 11 is 0. The SMILES string of the molecule is Cc1ccc(C)c(CN2CCCC(NC3CCCCC3)C2)c1. The van der Waals surface area contributed by atoms with Gasteiger partial charge in [0.05, 0.1) is 0 Å². The Labute approximate surface area is 136 Å².